The summed E-state index contributed by atoms with van der Waals surface area (Å²) < 4.78 is 38.8. The minimum atomic E-state index is -4.30. The third-order valence-corrected chi connectivity index (χ3v) is 4.44. The van der Waals surface area contributed by atoms with E-state index in [1.807, 2.05) is 0 Å². The molecular formula is C14H17BrF3N. The number of alkyl halides is 3. The van der Waals surface area contributed by atoms with Crippen molar-refractivity contribution in [3.63, 3.8) is 0 Å². The first kappa shape index (κ1) is 14.7. The highest BCUT2D eigenvalue weighted by atomic mass is 79.9. The third-order valence-electron chi connectivity index (χ3n) is 3.75. The molecule has 0 spiro atoms. The molecule has 0 aromatic heterocycles. The maximum absolute atomic E-state index is 12.7. The Bertz CT molecular complexity index is 445. The molecule has 2 unspecified atom stereocenters. The maximum atomic E-state index is 12.7. The van der Waals surface area contributed by atoms with Gasteiger partial charge in [-0.1, -0.05) is 19.8 Å². The van der Waals surface area contributed by atoms with E-state index in [-0.39, 0.29) is 6.04 Å². The zero-order valence-corrected chi connectivity index (χ0v) is 12.3. The normalized spacial score (nSPS) is 24.3. The second-order valence-electron chi connectivity index (χ2n) is 5.20. The standard InChI is InChI=1S/C14H17BrF3N/c1-9-4-2-3-5-12(9)19-13-8-10(14(16,17)18)6-7-11(13)15/h6-9,12,19H,2-5H2,1H3. The summed E-state index contributed by atoms with van der Waals surface area (Å²) in [5.74, 6) is 0.496. The minimum absolute atomic E-state index is 0.258. The summed E-state index contributed by atoms with van der Waals surface area (Å²) in [6.45, 7) is 2.15. The summed E-state index contributed by atoms with van der Waals surface area (Å²) in [6.07, 6.45) is 0.203. The van der Waals surface area contributed by atoms with Crippen molar-refractivity contribution in [3.05, 3.63) is 28.2 Å². The minimum Gasteiger partial charge on any atom is -0.381 e. The van der Waals surface area contributed by atoms with E-state index in [0.717, 1.165) is 25.3 Å². The van der Waals surface area contributed by atoms with Gasteiger partial charge in [0.1, 0.15) is 0 Å². The van der Waals surface area contributed by atoms with Crippen LogP contribution < -0.4 is 5.32 Å². The van der Waals surface area contributed by atoms with Crippen LogP contribution in [0.3, 0.4) is 0 Å². The Hall–Kier alpha value is -0.710. The van der Waals surface area contributed by atoms with Gasteiger partial charge >= 0.3 is 6.18 Å². The lowest BCUT2D eigenvalue weighted by atomic mass is 9.86. The molecular weight excluding hydrogens is 319 g/mol. The van der Waals surface area contributed by atoms with Crippen LogP contribution in [-0.4, -0.2) is 6.04 Å². The molecule has 1 N–H and O–H groups in total. The van der Waals surface area contributed by atoms with E-state index in [9.17, 15) is 13.2 Å². The lowest BCUT2D eigenvalue weighted by Crippen LogP contribution is -2.30. The fourth-order valence-corrected chi connectivity index (χ4v) is 2.90. The van der Waals surface area contributed by atoms with Crippen LogP contribution in [-0.2, 0) is 6.18 Å². The monoisotopic (exact) mass is 335 g/mol. The molecule has 0 radical (unpaired) electrons. The van der Waals surface area contributed by atoms with Gasteiger partial charge in [-0.15, -0.1) is 0 Å². The van der Waals surface area contributed by atoms with E-state index in [1.54, 1.807) is 0 Å². The molecule has 1 fully saturated rings. The van der Waals surface area contributed by atoms with Crippen molar-refractivity contribution in [2.75, 3.05) is 5.32 Å². The van der Waals surface area contributed by atoms with E-state index >= 15 is 0 Å². The fraction of sp³-hybridized carbons (Fsp3) is 0.571. The number of nitrogens with one attached hydrogen (secondary N) is 1. The number of benzene rings is 1. The Kier molecular flexibility index (Phi) is 4.43. The molecule has 2 atom stereocenters. The molecule has 1 aliphatic rings. The third kappa shape index (κ3) is 3.65. The predicted octanol–water partition coefficient (Wildman–Crippen LogP) is 5.46. The fourth-order valence-electron chi connectivity index (χ4n) is 2.54. The van der Waals surface area contributed by atoms with E-state index in [4.69, 9.17) is 0 Å². The van der Waals surface area contributed by atoms with Gasteiger partial charge < -0.3 is 5.32 Å². The Morgan fingerprint density at radius 1 is 1.21 bits per heavy atom. The number of hydrogen-bond acceptors (Lipinski definition) is 1. The molecule has 5 heteroatoms. The molecule has 1 nitrogen and oxygen atoms in total. The predicted molar refractivity (Wildman–Crippen MR) is 74.2 cm³/mol. The topological polar surface area (TPSA) is 12.0 Å². The van der Waals surface area contributed by atoms with Gasteiger partial charge in [0, 0.05) is 16.2 Å². The molecule has 0 bridgehead atoms. The Morgan fingerprint density at radius 2 is 1.89 bits per heavy atom. The van der Waals surface area contributed by atoms with Gasteiger partial charge in [0.2, 0.25) is 0 Å². The summed E-state index contributed by atoms with van der Waals surface area (Å²) in [5.41, 5.74) is -0.0739. The lowest BCUT2D eigenvalue weighted by Gasteiger charge is -2.31. The zero-order chi connectivity index (χ0) is 14.0. The highest BCUT2D eigenvalue weighted by molar-refractivity contribution is 9.10. The van der Waals surface area contributed by atoms with Crippen LogP contribution >= 0.6 is 15.9 Å². The first-order chi connectivity index (χ1) is 8.88. The van der Waals surface area contributed by atoms with Gasteiger partial charge in [0.25, 0.3) is 0 Å². The lowest BCUT2D eigenvalue weighted by molar-refractivity contribution is -0.137. The van der Waals surface area contributed by atoms with Crippen LogP contribution in [0.15, 0.2) is 22.7 Å². The smallest absolute Gasteiger partial charge is 0.381 e. The van der Waals surface area contributed by atoms with Crippen LogP contribution in [0.5, 0.6) is 0 Å². The molecule has 0 heterocycles. The molecule has 0 aliphatic heterocycles. The molecule has 0 amide bonds. The molecule has 1 aliphatic carbocycles. The van der Waals surface area contributed by atoms with Crippen molar-refractivity contribution in [1.29, 1.82) is 0 Å². The van der Waals surface area contributed by atoms with Crippen LogP contribution in [0.4, 0.5) is 18.9 Å². The number of rotatable bonds is 2. The average molecular weight is 336 g/mol. The van der Waals surface area contributed by atoms with Crippen molar-refractivity contribution < 1.29 is 13.2 Å². The van der Waals surface area contributed by atoms with Crippen molar-refractivity contribution in [1.82, 2.24) is 0 Å². The largest absolute Gasteiger partial charge is 0.416 e. The molecule has 1 aromatic carbocycles. The van der Waals surface area contributed by atoms with Crippen LogP contribution in [0, 0.1) is 5.92 Å². The molecule has 1 aromatic rings. The van der Waals surface area contributed by atoms with Crippen molar-refractivity contribution >= 4 is 21.6 Å². The summed E-state index contributed by atoms with van der Waals surface area (Å²) in [4.78, 5) is 0. The number of anilines is 1. The maximum Gasteiger partial charge on any atom is 0.416 e. The first-order valence-corrected chi connectivity index (χ1v) is 7.30. The van der Waals surface area contributed by atoms with Gasteiger partial charge in [0.15, 0.2) is 0 Å². The number of hydrogen-bond donors (Lipinski definition) is 1. The molecule has 2 rings (SSSR count). The quantitative estimate of drug-likeness (QED) is 0.756. The van der Waals surface area contributed by atoms with E-state index < -0.39 is 11.7 Å². The molecule has 19 heavy (non-hydrogen) atoms. The van der Waals surface area contributed by atoms with E-state index in [1.165, 1.54) is 18.6 Å². The second kappa shape index (κ2) is 5.73. The Labute approximate surface area is 119 Å². The summed E-state index contributed by atoms with van der Waals surface area (Å²) in [6, 6.07) is 4.00. The molecule has 1 saturated carbocycles. The highest BCUT2D eigenvalue weighted by Crippen LogP contribution is 2.35. The van der Waals surface area contributed by atoms with Gasteiger partial charge in [-0.3, -0.25) is 0 Å². The van der Waals surface area contributed by atoms with Gasteiger partial charge in [-0.25, -0.2) is 0 Å². The van der Waals surface area contributed by atoms with Gasteiger partial charge in [0.05, 0.1) is 5.56 Å². The van der Waals surface area contributed by atoms with E-state index in [2.05, 4.69) is 28.2 Å². The summed E-state index contributed by atoms with van der Waals surface area (Å²) in [5, 5.41) is 3.26. The second-order valence-corrected chi connectivity index (χ2v) is 6.06. The van der Waals surface area contributed by atoms with Crippen molar-refractivity contribution in [2.24, 2.45) is 5.92 Å². The molecule has 0 saturated heterocycles. The Morgan fingerprint density at radius 3 is 2.53 bits per heavy atom. The Balaban J connectivity index is 2.19. The van der Waals surface area contributed by atoms with E-state index in [0.29, 0.717) is 16.1 Å². The SMILES string of the molecule is CC1CCCCC1Nc1cc(C(F)(F)F)ccc1Br. The zero-order valence-electron chi connectivity index (χ0n) is 10.7. The van der Waals surface area contributed by atoms with Gasteiger partial charge in [-0.2, -0.15) is 13.2 Å². The number of halogens is 4. The summed E-state index contributed by atoms with van der Waals surface area (Å²) >= 11 is 3.31. The van der Waals surface area contributed by atoms with Crippen LogP contribution in [0.25, 0.3) is 0 Å². The van der Waals surface area contributed by atoms with Crippen LogP contribution in [0.1, 0.15) is 38.2 Å². The summed E-state index contributed by atoms with van der Waals surface area (Å²) in [7, 11) is 0. The van der Waals surface area contributed by atoms with Crippen molar-refractivity contribution in [2.45, 2.75) is 44.8 Å². The molecule has 106 valence electrons. The highest BCUT2D eigenvalue weighted by Gasteiger charge is 2.31. The van der Waals surface area contributed by atoms with Gasteiger partial charge in [-0.05, 0) is 52.9 Å². The average Bonchev–Trinajstić information content (AvgIpc) is 2.33. The van der Waals surface area contributed by atoms with Crippen LogP contribution in [0.2, 0.25) is 0 Å². The first-order valence-electron chi connectivity index (χ1n) is 6.51. The van der Waals surface area contributed by atoms with Crippen molar-refractivity contribution in [3.8, 4) is 0 Å².